The molecule has 1 aromatic heterocycles. The summed E-state index contributed by atoms with van der Waals surface area (Å²) in [5.41, 5.74) is 3.29. The molecule has 1 heterocycles. The van der Waals surface area contributed by atoms with E-state index in [0.29, 0.717) is 19.4 Å². The predicted molar refractivity (Wildman–Crippen MR) is 89.8 cm³/mol. The quantitative estimate of drug-likeness (QED) is 0.795. The summed E-state index contributed by atoms with van der Waals surface area (Å²) >= 11 is 0. The van der Waals surface area contributed by atoms with Crippen LogP contribution in [0.5, 0.6) is 0 Å². The molecule has 3 N–H and O–H groups in total. The summed E-state index contributed by atoms with van der Waals surface area (Å²) in [6.45, 7) is 8.24. The first-order chi connectivity index (χ1) is 10.3. The summed E-state index contributed by atoms with van der Waals surface area (Å²) in [7, 11) is 0. The minimum Gasteiger partial charge on any atom is -0.391 e. The van der Waals surface area contributed by atoms with Gasteiger partial charge < -0.3 is 15.4 Å². The van der Waals surface area contributed by atoms with E-state index in [9.17, 15) is 9.90 Å². The van der Waals surface area contributed by atoms with Crippen LogP contribution in [-0.2, 0) is 11.2 Å². The van der Waals surface area contributed by atoms with Crippen LogP contribution in [0.25, 0.3) is 10.9 Å². The molecule has 4 heteroatoms. The lowest BCUT2D eigenvalue weighted by Crippen LogP contribution is -2.39. The number of carbonyl (C=O) groups excluding carboxylic acids is 1. The highest BCUT2D eigenvalue weighted by Crippen LogP contribution is 2.22. The number of aliphatic hydroxyl groups excluding tert-OH is 1. The highest BCUT2D eigenvalue weighted by Gasteiger charge is 2.22. The minimum atomic E-state index is -0.535. The van der Waals surface area contributed by atoms with E-state index in [1.807, 2.05) is 33.0 Å². The third kappa shape index (κ3) is 3.89. The molecule has 22 heavy (non-hydrogen) atoms. The second kappa shape index (κ2) is 6.53. The second-order valence-corrected chi connectivity index (χ2v) is 7.00. The molecule has 4 nitrogen and oxygen atoms in total. The Morgan fingerprint density at radius 1 is 1.36 bits per heavy atom. The maximum absolute atomic E-state index is 11.9. The summed E-state index contributed by atoms with van der Waals surface area (Å²) in [5.74, 6) is -0.0229. The number of aromatic nitrogens is 1. The van der Waals surface area contributed by atoms with Crippen molar-refractivity contribution in [3.05, 3.63) is 35.5 Å². The molecule has 0 aliphatic carbocycles. The smallest absolute Gasteiger partial charge is 0.220 e. The number of benzene rings is 1. The van der Waals surface area contributed by atoms with Gasteiger partial charge in [-0.15, -0.1) is 0 Å². The van der Waals surface area contributed by atoms with Crippen LogP contribution in [0.3, 0.4) is 0 Å². The van der Waals surface area contributed by atoms with Crippen LogP contribution in [0, 0.1) is 12.3 Å². The Bertz CT molecular complexity index is 653. The normalized spacial score (nSPS) is 13.3. The van der Waals surface area contributed by atoms with Crippen LogP contribution in [0.15, 0.2) is 24.4 Å². The lowest BCUT2D eigenvalue weighted by atomic mass is 9.89. The Labute approximate surface area is 131 Å². The number of rotatable bonds is 5. The summed E-state index contributed by atoms with van der Waals surface area (Å²) in [4.78, 5) is 15.2. The van der Waals surface area contributed by atoms with Crippen LogP contribution in [0.4, 0.5) is 0 Å². The number of amides is 1. The van der Waals surface area contributed by atoms with Crippen LogP contribution < -0.4 is 5.32 Å². The first kappa shape index (κ1) is 16.6. The minimum absolute atomic E-state index is 0.0229. The average Bonchev–Trinajstić information content (AvgIpc) is 2.86. The third-order valence-corrected chi connectivity index (χ3v) is 4.12. The summed E-state index contributed by atoms with van der Waals surface area (Å²) in [6.07, 6.45) is 2.57. The Balaban J connectivity index is 1.89. The van der Waals surface area contributed by atoms with Crippen molar-refractivity contribution in [1.29, 1.82) is 0 Å². The Hall–Kier alpha value is -1.81. The molecule has 0 spiro atoms. The lowest BCUT2D eigenvalue weighted by molar-refractivity contribution is -0.121. The summed E-state index contributed by atoms with van der Waals surface area (Å²) in [5, 5.41) is 13.9. The number of fused-ring (bicyclic) bond motifs is 1. The molecular weight excluding hydrogens is 276 g/mol. The molecule has 2 aromatic rings. The standard InChI is InChI=1S/C18H26N2O2/c1-12-6-5-7-14-13(10-20-17(12)14)8-9-16(22)19-11-15(21)18(2,3)4/h5-7,10,15,20-21H,8-9,11H2,1-4H3,(H,19,22). The highest BCUT2D eigenvalue weighted by molar-refractivity contribution is 5.86. The van der Waals surface area contributed by atoms with E-state index in [1.165, 1.54) is 10.9 Å². The van der Waals surface area contributed by atoms with E-state index < -0.39 is 6.10 Å². The van der Waals surface area contributed by atoms with E-state index in [-0.39, 0.29) is 11.3 Å². The zero-order valence-corrected chi connectivity index (χ0v) is 13.9. The Kier molecular flexibility index (Phi) is 4.91. The monoisotopic (exact) mass is 302 g/mol. The number of aliphatic hydroxyl groups is 1. The van der Waals surface area contributed by atoms with Gasteiger partial charge in [0.2, 0.25) is 5.91 Å². The molecule has 1 atom stereocenters. The van der Waals surface area contributed by atoms with Gasteiger partial charge in [-0.05, 0) is 29.9 Å². The number of hydrogen-bond acceptors (Lipinski definition) is 2. The molecule has 0 fully saturated rings. The number of H-pyrrole nitrogens is 1. The number of hydrogen-bond donors (Lipinski definition) is 3. The highest BCUT2D eigenvalue weighted by atomic mass is 16.3. The first-order valence-electron chi connectivity index (χ1n) is 7.79. The fourth-order valence-corrected chi connectivity index (χ4v) is 2.42. The molecule has 0 aliphatic rings. The van der Waals surface area contributed by atoms with Crippen molar-refractivity contribution >= 4 is 16.8 Å². The van der Waals surface area contributed by atoms with Gasteiger partial charge in [-0.3, -0.25) is 4.79 Å². The van der Waals surface area contributed by atoms with Crippen molar-refractivity contribution in [1.82, 2.24) is 10.3 Å². The largest absolute Gasteiger partial charge is 0.391 e. The fraction of sp³-hybridized carbons (Fsp3) is 0.500. The van der Waals surface area contributed by atoms with Crippen molar-refractivity contribution in [2.45, 2.75) is 46.6 Å². The SMILES string of the molecule is Cc1cccc2c(CCC(=O)NCC(O)C(C)(C)C)c[nH]c12. The van der Waals surface area contributed by atoms with Gasteiger partial charge in [-0.2, -0.15) is 0 Å². The second-order valence-electron chi connectivity index (χ2n) is 7.00. The zero-order chi connectivity index (χ0) is 16.3. The van der Waals surface area contributed by atoms with Gasteiger partial charge in [0.25, 0.3) is 0 Å². The molecule has 0 aliphatic heterocycles. The summed E-state index contributed by atoms with van der Waals surface area (Å²) < 4.78 is 0. The van der Waals surface area contributed by atoms with E-state index in [0.717, 1.165) is 11.1 Å². The molecule has 0 saturated carbocycles. The van der Waals surface area contributed by atoms with Gasteiger partial charge in [-0.1, -0.05) is 39.0 Å². The first-order valence-corrected chi connectivity index (χ1v) is 7.79. The topological polar surface area (TPSA) is 65.1 Å². The third-order valence-electron chi connectivity index (χ3n) is 4.12. The number of carbonyl (C=O) groups is 1. The molecule has 0 bridgehead atoms. The van der Waals surface area contributed by atoms with E-state index in [4.69, 9.17) is 0 Å². The van der Waals surface area contributed by atoms with Crippen LogP contribution in [0.2, 0.25) is 0 Å². The van der Waals surface area contributed by atoms with Crippen LogP contribution >= 0.6 is 0 Å². The predicted octanol–water partition coefficient (Wildman–Crippen LogP) is 2.93. The number of aromatic amines is 1. The Morgan fingerprint density at radius 2 is 2.09 bits per heavy atom. The van der Waals surface area contributed by atoms with Crippen LogP contribution in [-0.4, -0.2) is 28.6 Å². The van der Waals surface area contributed by atoms with E-state index >= 15 is 0 Å². The van der Waals surface area contributed by atoms with Crippen molar-refractivity contribution in [2.75, 3.05) is 6.54 Å². The number of nitrogens with one attached hydrogen (secondary N) is 2. The number of aryl methyl sites for hydroxylation is 2. The maximum atomic E-state index is 11.9. The van der Waals surface area contributed by atoms with Gasteiger partial charge in [0.1, 0.15) is 0 Å². The van der Waals surface area contributed by atoms with Gasteiger partial charge in [0.15, 0.2) is 0 Å². The molecule has 2 rings (SSSR count). The zero-order valence-electron chi connectivity index (χ0n) is 13.9. The molecule has 1 amide bonds. The van der Waals surface area contributed by atoms with Gasteiger partial charge >= 0.3 is 0 Å². The van der Waals surface area contributed by atoms with Crippen molar-refractivity contribution in [3.8, 4) is 0 Å². The Morgan fingerprint density at radius 3 is 2.77 bits per heavy atom. The summed E-state index contributed by atoms with van der Waals surface area (Å²) in [6, 6.07) is 6.19. The van der Waals surface area contributed by atoms with Gasteiger partial charge in [0.05, 0.1) is 6.10 Å². The number of para-hydroxylation sites is 1. The molecule has 1 aromatic carbocycles. The molecule has 120 valence electrons. The lowest BCUT2D eigenvalue weighted by Gasteiger charge is -2.25. The van der Waals surface area contributed by atoms with E-state index in [2.05, 4.69) is 29.4 Å². The molecule has 0 radical (unpaired) electrons. The van der Waals surface area contributed by atoms with Gasteiger partial charge in [0, 0.05) is 30.1 Å². The maximum Gasteiger partial charge on any atom is 0.220 e. The fourth-order valence-electron chi connectivity index (χ4n) is 2.42. The van der Waals surface area contributed by atoms with Crippen molar-refractivity contribution in [2.24, 2.45) is 5.41 Å². The van der Waals surface area contributed by atoms with Crippen molar-refractivity contribution < 1.29 is 9.90 Å². The molecular formula is C18H26N2O2. The van der Waals surface area contributed by atoms with Crippen LogP contribution in [0.1, 0.15) is 38.3 Å². The molecule has 0 saturated heterocycles. The van der Waals surface area contributed by atoms with Gasteiger partial charge in [-0.25, -0.2) is 0 Å². The average molecular weight is 302 g/mol. The van der Waals surface area contributed by atoms with Crippen molar-refractivity contribution in [3.63, 3.8) is 0 Å². The van der Waals surface area contributed by atoms with E-state index in [1.54, 1.807) is 0 Å². The molecule has 1 unspecified atom stereocenters.